The fraction of sp³-hybridized carbons (Fsp3) is 0.143. The SMILES string of the molecule is CS(=O)(=O)Nc1c(Br)cc(N)cc1Br. The van der Waals surface area contributed by atoms with Gasteiger partial charge in [0, 0.05) is 14.6 Å². The van der Waals surface area contributed by atoms with E-state index in [-0.39, 0.29) is 0 Å². The number of nitrogens with two attached hydrogens (primary N) is 1. The van der Waals surface area contributed by atoms with Crippen LogP contribution in [0, 0.1) is 0 Å². The van der Waals surface area contributed by atoms with E-state index >= 15 is 0 Å². The normalized spacial score (nSPS) is 11.4. The van der Waals surface area contributed by atoms with Gasteiger partial charge in [-0.05, 0) is 44.0 Å². The first-order chi connectivity index (χ1) is 6.29. The van der Waals surface area contributed by atoms with Crippen molar-refractivity contribution >= 4 is 53.3 Å². The van der Waals surface area contributed by atoms with E-state index in [4.69, 9.17) is 5.73 Å². The molecule has 78 valence electrons. The van der Waals surface area contributed by atoms with Crippen LogP contribution in [-0.2, 0) is 10.0 Å². The highest BCUT2D eigenvalue weighted by molar-refractivity contribution is 9.11. The van der Waals surface area contributed by atoms with E-state index in [1.807, 2.05) is 0 Å². The molecule has 0 heterocycles. The highest BCUT2D eigenvalue weighted by Crippen LogP contribution is 2.33. The molecule has 4 nitrogen and oxygen atoms in total. The Hall–Kier alpha value is -0.270. The number of nitrogen functional groups attached to an aromatic ring is 1. The Bertz CT molecular complexity index is 436. The van der Waals surface area contributed by atoms with Gasteiger partial charge in [-0.25, -0.2) is 8.42 Å². The first-order valence-electron chi connectivity index (χ1n) is 3.52. The van der Waals surface area contributed by atoms with Crippen LogP contribution in [0.25, 0.3) is 0 Å². The van der Waals surface area contributed by atoms with Crippen LogP contribution in [0.4, 0.5) is 11.4 Å². The zero-order valence-corrected chi connectivity index (χ0v) is 11.2. The molecule has 7 heteroatoms. The minimum atomic E-state index is -3.29. The molecule has 0 unspecified atom stereocenters. The maximum atomic E-state index is 11.0. The molecule has 14 heavy (non-hydrogen) atoms. The number of benzene rings is 1. The summed E-state index contributed by atoms with van der Waals surface area (Å²) in [6, 6.07) is 3.25. The molecule has 0 saturated heterocycles. The summed E-state index contributed by atoms with van der Waals surface area (Å²) in [6.07, 6.45) is 1.09. The van der Waals surface area contributed by atoms with Crippen molar-refractivity contribution in [1.82, 2.24) is 0 Å². The van der Waals surface area contributed by atoms with E-state index < -0.39 is 10.0 Å². The van der Waals surface area contributed by atoms with Crippen molar-refractivity contribution in [1.29, 1.82) is 0 Å². The standard InChI is InChI=1S/C7H8Br2N2O2S/c1-14(12,13)11-7-5(8)2-4(10)3-6(7)9/h2-3,11H,10H2,1H3. The van der Waals surface area contributed by atoms with E-state index in [1.165, 1.54) is 0 Å². The lowest BCUT2D eigenvalue weighted by Gasteiger charge is -2.09. The molecule has 0 spiro atoms. The topological polar surface area (TPSA) is 72.2 Å². The number of hydrogen-bond acceptors (Lipinski definition) is 3. The van der Waals surface area contributed by atoms with Gasteiger partial charge in [0.15, 0.2) is 0 Å². The van der Waals surface area contributed by atoms with Crippen LogP contribution >= 0.6 is 31.9 Å². The van der Waals surface area contributed by atoms with Crippen LogP contribution in [0.3, 0.4) is 0 Å². The minimum Gasteiger partial charge on any atom is -0.399 e. The fourth-order valence-electron chi connectivity index (χ4n) is 0.876. The average Bonchev–Trinajstić information content (AvgIpc) is 1.95. The molecule has 0 aromatic heterocycles. The van der Waals surface area contributed by atoms with Crippen LogP contribution in [0.5, 0.6) is 0 Å². The fourth-order valence-corrected chi connectivity index (χ4v) is 3.15. The molecular formula is C7H8Br2N2O2S. The predicted octanol–water partition coefficient (Wildman–Crippen LogP) is 2.17. The molecule has 0 aliphatic heterocycles. The van der Waals surface area contributed by atoms with Crippen molar-refractivity contribution in [3.63, 3.8) is 0 Å². The van der Waals surface area contributed by atoms with Gasteiger partial charge in [0.05, 0.1) is 11.9 Å². The quantitative estimate of drug-likeness (QED) is 0.808. The van der Waals surface area contributed by atoms with E-state index in [1.54, 1.807) is 12.1 Å². The first kappa shape index (κ1) is 11.8. The Kier molecular flexibility index (Phi) is 3.44. The number of nitrogens with one attached hydrogen (secondary N) is 1. The Balaban J connectivity index is 3.22. The van der Waals surface area contributed by atoms with Crippen LogP contribution in [0.1, 0.15) is 0 Å². The van der Waals surface area contributed by atoms with Gasteiger partial charge in [-0.1, -0.05) is 0 Å². The third kappa shape index (κ3) is 3.14. The van der Waals surface area contributed by atoms with Gasteiger partial charge in [-0.2, -0.15) is 0 Å². The monoisotopic (exact) mass is 342 g/mol. The average molecular weight is 344 g/mol. The maximum absolute atomic E-state index is 11.0. The molecule has 0 amide bonds. The van der Waals surface area contributed by atoms with Gasteiger partial charge < -0.3 is 5.73 Å². The molecule has 0 saturated carbocycles. The summed E-state index contributed by atoms with van der Waals surface area (Å²) in [5, 5.41) is 0. The summed E-state index contributed by atoms with van der Waals surface area (Å²) in [6.45, 7) is 0. The molecule has 0 aliphatic carbocycles. The lowest BCUT2D eigenvalue weighted by Crippen LogP contribution is -2.10. The Morgan fingerprint density at radius 3 is 2.07 bits per heavy atom. The number of sulfonamides is 1. The molecule has 1 aromatic rings. The van der Waals surface area contributed by atoms with Crippen molar-refractivity contribution in [3.8, 4) is 0 Å². The lowest BCUT2D eigenvalue weighted by atomic mass is 10.3. The number of anilines is 2. The Labute approximate surface area is 99.2 Å². The molecule has 3 N–H and O–H groups in total. The van der Waals surface area contributed by atoms with Crippen LogP contribution in [-0.4, -0.2) is 14.7 Å². The van der Waals surface area contributed by atoms with Crippen LogP contribution in [0.2, 0.25) is 0 Å². The van der Waals surface area contributed by atoms with Crippen molar-refractivity contribution < 1.29 is 8.42 Å². The molecule has 0 fully saturated rings. The number of rotatable bonds is 2. The Morgan fingerprint density at radius 1 is 1.29 bits per heavy atom. The molecule has 0 radical (unpaired) electrons. The zero-order valence-electron chi connectivity index (χ0n) is 7.21. The summed E-state index contributed by atoms with van der Waals surface area (Å²) in [7, 11) is -3.29. The smallest absolute Gasteiger partial charge is 0.229 e. The molecule has 0 atom stereocenters. The van der Waals surface area contributed by atoms with Gasteiger partial charge in [0.1, 0.15) is 0 Å². The predicted molar refractivity (Wildman–Crippen MR) is 64.7 cm³/mol. The highest BCUT2D eigenvalue weighted by Gasteiger charge is 2.10. The largest absolute Gasteiger partial charge is 0.399 e. The Morgan fingerprint density at radius 2 is 1.71 bits per heavy atom. The zero-order chi connectivity index (χ0) is 10.9. The van der Waals surface area contributed by atoms with Gasteiger partial charge in [0.2, 0.25) is 10.0 Å². The van der Waals surface area contributed by atoms with Gasteiger partial charge >= 0.3 is 0 Å². The van der Waals surface area contributed by atoms with Crippen LogP contribution in [0.15, 0.2) is 21.1 Å². The second kappa shape index (κ2) is 4.08. The van der Waals surface area contributed by atoms with Crippen LogP contribution < -0.4 is 10.5 Å². The lowest BCUT2D eigenvalue weighted by molar-refractivity contribution is 0.607. The van der Waals surface area contributed by atoms with E-state index in [9.17, 15) is 8.42 Å². The van der Waals surface area contributed by atoms with E-state index in [2.05, 4.69) is 36.6 Å². The second-order valence-electron chi connectivity index (χ2n) is 2.73. The maximum Gasteiger partial charge on any atom is 0.229 e. The van der Waals surface area contributed by atoms with Gasteiger partial charge in [0.25, 0.3) is 0 Å². The number of halogens is 2. The minimum absolute atomic E-state index is 0.446. The second-order valence-corrected chi connectivity index (χ2v) is 6.19. The highest BCUT2D eigenvalue weighted by atomic mass is 79.9. The third-order valence-corrected chi connectivity index (χ3v) is 3.18. The van der Waals surface area contributed by atoms with E-state index in [0.29, 0.717) is 20.3 Å². The van der Waals surface area contributed by atoms with E-state index in [0.717, 1.165) is 6.26 Å². The molecule has 1 aromatic carbocycles. The van der Waals surface area contributed by atoms with Crippen molar-refractivity contribution in [2.75, 3.05) is 16.7 Å². The molecular weight excluding hydrogens is 336 g/mol. The summed E-state index contributed by atoms with van der Waals surface area (Å²) in [5.41, 5.74) is 6.55. The summed E-state index contributed by atoms with van der Waals surface area (Å²) in [5.74, 6) is 0. The summed E-state index contributed by atoms with van der Waals surface area (Å²) in [4.78, 5) is 0. The first-order valence-corrected chi connectivity index (χ1v) is 6.99. The molecule has 0 aliphatic rings. The van der Waals surface area contributed by atoms with Crippen molar-refractivity contribution in [2.45, 2.75) is 0 Å². The summed E-state index contributed by atoms with van der Waals surface area (Å²) >= 11 is 6.43. The molecule has 0 bridgehead atoms. The third-order valence-electron chi connectivity index (χ3n) is 1.35. The van der Waals surface area contributed by atoms with Gasteiger partial charge in [-0.3, -0.25) is 4.72 Å². The summed E-state index contributed by atoms with van der Waals surface area (Å²) < 4.78 is 25.6. The van der Waals surface area contributed by atoms with Crippen molar-refractivity contribution in [3.05, 3.63) is 21.1 Å². The number of hydrogen-bond donors (Lipinski definition) is 2. The van der Waals surface area contributed by atoms with Crippen molar-refractivity contribution in [2.24, 2.45) is 0 Å². The molecule has 1 rings (SSSR count). The van der Waals surface area contributed by atoms with Gasteiger partial charge in [-0.15, -0.1) is 0 Å².